The summed E-state index contributed by atoms with van der Waals surface area (Å²) in [6.45, 7) is 5.23. The molecule has 0 aliphatic carbocycles. The number of ether oxygens (including phenoxy) is 2. The van der Waals surface area contributed by atoms with Gasteiger partial charge in [0, 0.05) is 38.3 Å². The van der Waals surface area contributed by atoms with E-state index in [1.165, 1.54) is 12.8 Å². The first kappa shape index (κ1) is 20.0. The van der Waals surface area contributed by atoms with Crippen molar-refractivity contribution < 1.29 is 14.3 Å². The second kappa shape index (κ2) is 9.42. The van der Waals surface area contributed by atoms with E-state index in [1.54, 1.807) is 14.2 Å². The second-order valence-electron chi connectivity index (χ2n) is 7.62. The Hall–Kier alpha value is -1.79. The predicted molar refractivity (Wildman–Crippen MR) is 106 cm³/mol. The average Bonchev–Trinajstić information content (AvgIpc) is 2.92. The summed E-state index contributed by atoms with van der Waals surface area (Å²) < 4.78 is 10.8. The summed E-state index contributed by atoms with van der Waals surface area (Å²) in [5.41, 5.74) is 1.13. The van der Waals surface area contributed by atoms with Crippen molar-refractivity contribution in [1.29, 1.82) is 0 Å². The largest absolute Gasteiger partial charge is 0.497 e. The molecule has 2 saturated heterocycles. The lowest BCUT2D eigenvalue weighted by Gasteiger charge is -2.38. The first-order chi connectivity index (χ1) is 13.1. The van der Waals surface area contributed by atoms with Crippen LogP contribution in [-0.4, -0.2) is 80.6 Å². The lowest BCUT2D eigenvalue weighted by Crippen LogP contribution is -2.54. The van der Waals surface area contributed by atoms with Crippen LogP contribution in [0, 0.1) is 0 Å². The number of carbonyl (C=O) groups is 1. The standard InChI is InChI=1S/C21H33N3O3/c1-22-10-6-4-5-7-19(22)21(25)24-13-11-23(12-14-24)16-17-15-18(26-2)8-9-20(17)27-3/h8-9,15,19H,4-7,10-14,16H2,1-3H3/t19-/m0/s1. The van der Waals surface area contributed by atoms with Crippen molar-refractivity contribution in [1.82, 2.24) is 14.7 Å². The van der Waals surface area contributed by atoms with Crippen LogP contribution < -0.4 is 9.47 Å². The minimum Gasteiger partial charge on any atom is -0.497 e. The minimum absolute atomic E-state index is 0.0672. The van der Waals surface area contributed by atoms with Crippen molar-refractivity contribution in [3.05, 3.63) is 23.8 Å². The zero-order valence-electron chi connectivity index (χ0n) is 16.9. The van der Waals surface area contributed by atoms with Gasteiger partial charge in [0.25, 0.3) is 0 Å². The maximum atomic E-state index is 13.0. The highest BCUT2D eigenvalue weighted by atomic mass is 16.5. The van der Waals surface area contributed by atoms with Crippen LogP contribution in [0.1, 0.15) is 31.2 Å². The number of benzene rings is 1. The third-order valence-corrected chi connectivity index (χ3v) is 5.87. The van der Waals surface area contributed by atoms with Gasteiger partial charge in [-0.05, 0) is 44.6 Å². The number of methoxy groups -OCH3 is 2. The number of rotatable bonds is 5. The molecule has 2 aliphatic rings. The van der Waals surface area contributed by atoms with Gasteiger partial charge in [0.05, 0.1) is 20.3 Å². The number of piperazine rings is 1. The Bertz CT molecular complexity index is 629. The fraction of sp³-hybridized carbons (Fsp3) is 0.667. The van der Waals surface area contributed by atoms with Gasteiger partial charge in [0.1, 0.15) is 11.5 Å². The van der Waals surface area contributed by atoms with Crippen LogP contribution in [0.3, 0.4) is 0 Å². The second-order valence-corrected chi connectivity index (χ2v) is 7.62. The summed E-state index contributed by atoms with van der Waals surface area (Å²) in [6.07, 6.45) is 4.60. The molecule has 1 amide bonds. The third kappa shape index (κ3) is 4.93. The van der Waals surface area contributed by atoms with Gasteiger partial charge in [-0.25, -0.2) is 0 Å². The van der Waals surface area contributed by atoms with E-state index in [2.05, 4.69) is 21.7 Å². The molecule has 27 heavy (non-hydrogen) atoms. The maximum Gasteiger partial charge on any atom is 0.240 e. The molecule has 3 rings (SSSR count). The van der Waals surface area contributed by atoms with Crippen LogP contribution in [-0.2, 0) is 11.3 Å². The van der Waals surface area contributed by atoms with Gasteiger partial charge in [0.2, 0.25) is 5.91 Å². The number of carbonyl (C=O) groups excluding carboxylic acids is 1. The third-order valence-electron chi connectivity index (χ3n) is 5.87. The average molecular weight is 376 g/mol. The smallest absolute Gasteiger partial charge is 0.240 e. The molecular formula is C21H33N3O3. The molecule has 0 N–H and O–H groups in total. The van der Waals surface area contributed by atoms with Crippen LogP contribution >= 0.6 is 0 Å². The molecule has 150 valence electrons. The first-order valence-electron chi connectivity index (χ1n) is 10.0. The van der Waals surface area contributed by atoms with Crippen molar-refractivity contribution >= 4 is 5.91 Å². The molecule has 0 spiro atoms. The molecule has 0 radical (unpaired) electrons. The van der Waals surface area contributed by atoms with Crippen LogP contribution in [0.5, 0.6) is 11.5 Å². The molecular weight excluding hydrogens is 342 g/mol. The topological polar surface area (TPSA) is 45.3 Å². The molecule has 1 aromatic carbocycles. The van der Waals surface area contributed by atoms with Crippen LogP contribution in [0.4, 0.5) is 0 Å². The number of likely N-dealkylation sites (N-methyl/N-ethyl adjacent to an activating group) is 1. The summed E-state index contributed by atoms with van der Waals surface area (Å²) >= 11 is 0. The molecule has 0 aromatic heterocycles. The highest BCUT2D eigenvalue weighted by molar-refractivity contribution is 5.82. The Labute approximate surface area is 163 Å². The monoisotopic (exact) mass is 375 g/mol. The van der Waals surface area contributed by atoms with Gasteiger partial charge in [-0.3, -0.25) is 14.6 Å². The Kier molecular flexibility index (Phi) is 6.96. The Morgan fingerprint density at radius 3 is 2.52 bits per heavy atom. The van der Waals surface area contributed by atoms with Crippen molar-refractivity contribution in [2.45, 2.75) is 38.3 Å². The normalized spacial score (nSPS) is 22.3. The summed E-state index contributed by atoms with van der Waals surface area (Å²) in [5, 5.41) is 0. The molecule has 2 aliphatic heterocycles. The van der Waals surface area contributed by atoms with Crippen molar-refractivity contribution in [3.63, 3.8) is 0 Å². The SMILES string of the molecule is COc1ccc(OC)c(CN2CCN(C(=O)[C@@H]3CCCCCN3C)CC2)c1. The van der Waals surface area contributed by atoms with Crippen molar-refractivity contribution in [2.24, 2.45) is 0 Å². The van der Waals surface area contributed by atoms with Gasteiger partial charge in [-0.1, -0.05) is 12.8 Å². The quantitative estimate of drug-likeness (QED) is 0.790. The summed E-state index contributed by atoms with van der Waals surface area (Å²) in [6, 6.07) is 5.98. The van der Waals surface area contributed by atoms with E-state index in [4.69, 9.17) is 9.47 Å². The Morgan fingerprint density at radius 2 is 1.81 bits per heavy atom. The predicted octanol–water partition coefficient (Wildman–Crippen LogP) is 2.22. The molecule has 2 heterocycles. The zero-order valence-corrected chi connectivity index (χ0v) is 16.9. The number of likely N-dealkylation sites (tertiary alicyclic amines) is 1. The molecule has 1 aromatic rings. The van der Waals surface area contributed by atoms with Crippen LogP contribution in [0.25, 0.3) is 0 Å². The van der Waals surface area contributed by atoms with E-state index in [-0.39, 0.29) is 6.04 Å². The molecule has 0 saturated carbocycles. The fourth-order valence-electron chi connectivity index (χ4n) is 4.15. The van der Waals surface area contributed by atoms with Gasteiger partial charge in [0.15, 0.2) is 0 Å². The van der Waals surface area contributed by atoms with E-state index in [0.29, 0.717) is 5.91 Å². The summed E-state index contributed by atoms with van der Waals surface area (Å²) in [4.78, 5) is 19.7. The van der Waals surface area contributed by atoms with E-state index < -0.39 is 0 Å². The zero-order chi connectivity index (χ0) is 19.2. The van der Waals surface area contributed by atoms with E-state index in [9.17, 15) is 4.79 Å². The van der Waals surface area contributed by atoms with E-state index in [0.717, 1.165) is 69.2 Å². The number of hydrogen-bond acceptors (Lipinski definition) is 5. The fourth-order valence-corrected chi connectivity index (χ4v) is 4.15. The molecule has 6 nitrogen and oxygen atoms in total. The van der Waals surface area contributed by atoms with E-state index in [1.807, 2.05) is 18.2 Å². The Balaban J connectivity index is 1.56. The van der Waals surface area contributed by atoms with Crippen molar-refractivity contribution in [3.8, 4) is 11.5 Å². The summed E-state index contributed by atoms with van der Waals surface area (Å²) in [7, 11) is 5.48. The lowest BCUT2D eigenvalue weighted by atomic mass is 10.1. The molecule has 0 unspecified atom stereocenters. The minimum atomic E-state index is 0.0672. The van der Waals surface area contributed by atoms with Gasteiger partial charge in [-0.15, -0.1) is 0 Å². The lowest BCUT2D eigenvalue weighted by molar-refractivity contribution is -0.138. The van der Waals surface area contributed by atoms with Gasteiger partial charge >= 0.3 is 0 Å². The van der Waals surface area contributed by atoms with Gasteiger partial charge in [-0.2, -0.15) is 0 Å². The first-order valence-corrected chi connectivity index (χ1v) is 10.0. The summed E-state index contributed by atoms with van der Waals surface area (Å²) in [5.74, 6) is 2.04. The number of nitrogens with zero attached hydrogens (tertiary/aromatic N) is 3. The number of amides is 1. The van der Waals surface area contributed by atoms with Gasteiger partial charge < -0.3 is 14.4 Å². The molecule has 1 atom stereocenters. The molecule has 0 bridgehead atoms. The van der Waals surface area contributed by atoms with Crippen molar-refractivity contribution in [2.75, 3.05) is 54.0 Å². The van der Waals surface area contributed by atoms with E-state index >= 15 is 0 Å². The molecule has 6 heteroatoms. The van der Waals surface area contributed by atoms with Crippen LogP contribution in [0.2, 0.25) is 0 Å². The van der Waals surface area contributed by atoms with Crippen LogP contribution in [0.15, 0.2) is 18.2 Å². The maximum absolute atomic E-state index is 13.0. The highest BCUT2D eigenvalue weighted by Gasteiger charge is 2.30. The Morgan fingerprint density at radius 1 is 1.04 bits per heavy atom. The highest BCUT2D eigenvalue weighted by Crippen LogP contribution is 2.26. The molecule has 2 fully saturated rings. The number of hydrogen-bond donors (Lipinski definition) is 0.